The maximum atomic E-state index is 13.3. The van der Waals surface area contributed by atoms with Gasteiger partial charge in [0.25, 0.3) is 0 Å². The lowest BCUT2D eigenvalue weighted by molar-refractivity contribution is -0.118. The molecule has 0 radical (unpaired) electrons. The van der Waals surface area contributed by atoms with E-state index in [4.69, 9.17) is 11.6 Å². The predicted molar refractivity (Wildman–Crippen MR) is 133 cm³/mol. The molecule has 2 aliphatic rings. The molecule has 166 valence electrons. The number of hydrogen-bond donors (Lipinski definition) is 2. The maximum Gasteiger partial charge on any atom is 0.193 e. The number of halogens is 1. The minimum atomic E-state index is -0.301. The zero-order valence-electron chi connectivity index (χ0n) is 18.6. The van der Waals surface area contributed by atoms with Crippen molar-refractivity contribution in [3.63, 3.8) is 0 Å². The fourth-order valence-electron chi connectivity index (χ4n) is 4.75. The third-order valence-electron chi connectivity index (χ3n) is 6.32. The second-order valence-electron chi connectivity index (χ2n) is 9.54. The Bertz CT molecular complexity index is 1280. The average molecular weight is 457 g/mol. The van der Waals surface area contributed by atoms with Crippen molar-refractivity contribution in [3.8, 4) is 0 Å². The Morgan fingerprint density at radius 1 is 0.909 bits per heavy atom. The first kappa shape index (κ1) is 21.5. The van der Waals surface area contributed by atoms with Crippen LogP contribution in [0, 0.1) is 5.41 Å². The van der Waals surface area contributed by atoms with Gasteiger partial charge >= 0.3 is 0 Å². The fraction of sp³-hybridized carbons (Fsp3) is 0.214. The van der Waals surface area contributed by atoms with Gasteiger partial charge in [-0.05, 0) is 47.7 Å². The number of ketones is 2. The summed E-state index contributed by atoms with van der Waals surface area (Å²) in [5.41, 5.74) is 5.38. The molecule has 0 fully saturated rings. The fourth-order valence-corrected chi connectivity index (χ4v) is 4.87. The monoisotopic (exact) mass is 456 g/mol. The summed E-state index contributed by atoms with van der Waals surface area (Å²) in [4.78, 5) is 26.4. The Morgan fingerprint density at radius 2 is 1.64 bits per heavy atom. The van der Waals surface area contributed by atoms with Crippen LogP contribution in [-0.4, -0.2) is 11.6 Å². The number of allylic oxidation sites excluding steroid dienone is 1. The van der Waals surface area contributed by atoms with Crippen molar-refractivity contribution in [2.24, 2.45) is 5.41 Å². The first-order chi connectivity index (χ1) is 15.8. The van der Waals surface area contributed by atoms with Crippen LogP contribution in [0.5, 0.6) is 0 Å². The van der Waals surface area contributed by atoms with Crippen LogP contribution in [0.1, 0.15) is 54.2 Å². The van der Waals surface area contributed by atoms with E-state index in [1.54, 1.807) is 0 Å². The smallest absolute Gasteiger partial charge is 0.193 e. The van der Waals surface area contributed by atoms with Crippen LogP contribution < -0.4 is 10.6 Å². The number of carbonyl (C=O) groups is 2. The van der Waals surface area contributed by atoms with Gasteiger partial charge < -0.3 is 10.6 Å². The topological polar surface area (TPSA) is 58.2 Å². The SMILES string of the molecule is CC1(C)CC(=O)C2=C(C1)Nc1cc(C(=O)c3ccccc3)ccc1NC2c1ccc(Cl)cc1. The van der Waals surface area contributed by atoms with Crippen LogP contribution in [0.4, 0.5) is 11.4 Å². The van der Waals surface area contributed by atoms with Crippen LogP contribution in [0.2, 0.25) is 5.02 Å². The van der Waals surface area contributed by atoms with Crippen LogP contribution in [0.15, 0.2) is 84.1 Å². The molecule has 2 N–H and O–H groups in total. The van der Waals surface area contributed by atoms with E-state index in [-0.39, 0.29) is 23.0 Å². The van der Waals surface area contributed by atoms with Gasteiger partial charge in [-0.3, -0.25) is 9.59 Å². The van der Waals surface area contributed by atoms with E-state index in [2.05, 4.69) is 24.5 Å². The molecule has 0 aromatic heterocycles. The summed E-state index contributed by atoms with van der Waals surface area (Å²) in [6.07, 6.45) is 1.24. The molecule has 1 heterocycles. The number of carbonyl (C=O) groups excluding carboxylic acids is 2. The molecule has 5 heteroatoms. The van der Waals surface area contributed by atoms with Gasteiger partial charge in [0, 0.05) is 33.8 Å². The zero-order chi connectivity index (χ0) is 23.2. The molecular formula is C28H25ClN2O2. The highest BCUT2D eigenvalue weighted by Gasteiger charge is 2.38. The Morgan fingerprint density at radius 3 is 2.36 bits per heavy atom. The second-order valence-corrected chi connectivity index (χ2v) is 9.98. The quantitative estimate of drug-likeness (QED) is 0.426. The highest BCUT2D eigenvalue weighted by Crippen LogP contribution is 2.45. The number of benzene rings is 3. The third kappa shape index (κ3) is 4.19. The largest absolute Gasteiger partial charge is 0.372 e. The summed E-state index contributed by atoms with van der Waals surface area (Å²) in [5, 5.41) is 7.74. The van der Waals surface area contributed by atoms with Gasteiger partial charge in [0.2, 0.25) is 0 Å². The standard InChI is InChI=1S/C28H25ClN2O2/c1-28(2)15-23-25(24(32)16-28)26(17-8-11-20(29)12-9-17)31-21-13-10-19(14-22(21)30-23)27(33)18-6-4-3-5-7-18/h3-14,26,30-31H,15-16H2,1-2H3. The van der Waals surface area contributed by atoms with E-state index in [1.165, 1.54) is 0 Å². The molecule has 1 aliphatic heterocycles. The second kappa shape index (κ2) is 8.20. The zero-order valence-corrected chi connectivity index (χ0v) is 19.4. The van der Waals surface area contributed by atoms with Gasteiger partial charge in [0.1, 0.15) is 0 Å². The molecule has 0 amide bonds. The highest BCUT2D eigenvalue weighted by molar-refractivity contribution is 6.30. The molecular weight excluding hydrogens is 432 g/mol. The lowest BCUT2D eigenvalue weighted by Crippen LogP contribution is -2.31. The summed E-state index contributed by atoms with van der Waals surface area (Å²) in [6.45, 7) is 4.23. The average Bonchev–Trinajstić information content (AvgIpc) is 2.95. The van der Waals surface area contributed by atoms with Gasteiger partial charge in [0.05, 0.1) is 17.4 Å². The molecule has 3 aromatic carbocycles. The summed E-state index contributed by atoms with van der Waals surface area (Å²) in [7, 11) is 0. The Balaban J connectivity index is 1.60. The molecule has 33 heavy (non-hydrogen) atoms. The van der Waals surface area contributed by atoms with E-state index in [1.807, 2.05) is 72.8 Å². The van der Waals surface area contributed by atoms with Crippen LogP contribution >= 0.6 is 11.6 Å². The van der Waals surface area contributed by atoms with E-state index >= 15 is 0 Å². The van der Waals surface area contributed by atoms with E-state index in [9.17, 15) is 9.59 Å². The number of anilines is 2. The molecule has 1 atom stereocenters. The number of rotatable bonds is 3. The van der Waals surface area contributed by atoms with Crippen LogP contribution in [0.3, 0.4) is 0 Å². The van der Waals surface area contributed by atoms with Crippen molar-refractivity contribution in [1.82, 2.24) is 0 Å². The van der Waals surface area contributed by atoms with Crippen molar-refractivity contribution in [2.75, 3.05) is 10.6 Å². The summed E-state index contributed by atoms with van der Waals surface area (Å²) >= 11 is 6.12. The van der Waals surface area contributed by atoms with Crippen molar-refractivity contribution in [2.45, 2.75) is 32.7 Å². The molecule has 0 saturated heterocycles. The third-order valence-corrected chi connectivity index (χ3v) is 6.57. The van der Waals surface area contributed by atoms with Crippen molar-refractivity contribution in [3.05, 3.63) is 106 Å². The molecule has 1 aliphatic carbocycles. The first-order valence-corrected chi connectivity index (χ1v) is 11.5. The molecule has 0 bridgehead atoms. The van der Waals surface area contributed by atoms with Crippen molar-refractivity contribution in [1.29, 1.82) is 0 Å². The van der Waals surface area contributed by atoms with Crippen molar-refractivity contribution < 1.29 is 9.59 Å². The molecule has 0 saturated carbocycles. The Kier molecular flexibility index (Phi) is 5.34. The Labute approximate surface area is 198 Å². The molecule has 5 rings (SSSR count). The van der Waals surface area contributed by atoms with Crippen molar-refractivity contribution >= 4 is 34.5 Å². The van der Waals surface area contributed by atoms with Gasteiger partial charge in [0.15, 0.2) is 11.6 Å². The highest BCUT2D eigenvalue weighted by atomic mass is 35.5. The number of Topliss-reactive ketones (excluding diaryl/α,β-unsaturated/α-hetero) is 1. The van der Waals surface area contributed by atoms with Crippen LogP contribution in [0.25, 0.3) is 0 Å². The predicted octanol–water partition coefficient (Wildman–Crippen LogP) is 6.79. The number of nitrogens with one attached hydrogen (secondary N) is 2. The summed E-state index contributed by atoms with van der Waals surface area (Å²) in [5.74, 6) is 0.0996. The van der Waals surface area contributed by atoms with E-state index in [0.717, 1.165) is 34.6 Å². The summed E-state index contributed by atoms with van der Waals surface area (Å²) in [6, 6.07) is 22.2. The van der Waals surface area contributed by atoms with Gasteiger partial charge in [-0.1, -0.05) is 67.9 Å². The van der Waals surface area contributed by atoms with Gasteiger partial charge in [-0.2, -0.15) is 0 Å². The minimum Gasteiger partial charge on any atom is -0.372 e. The molecule has 4 nitrogen and oxygen atoms in total. The maximum absolute atomic E-state index is 13.3. The van der Waals surface area contributed by atoms with Gasteiger partial charge in [-0.25, -0.2) is 0 Å². The Hall–Kier alpha value is -3.37. The lowest BCUT2D eigenvalue weighted by Gasteiger charge is -2.34. The molecule has 0 spiro atoms. The van der Waals surface area contributed by atoms with E-state index < -0.39 is 0 Å². The van der Waals surface area contributed by atoms with Crippen LogP contribution in [-0.2, 0) is 4.79 Å². The van der Waals surface area contributed by atoms with Gasteiger partial charge in [-0.15, -0.1) is 0 Å². The minimum absolute atomic E-state index is 0.0343. The number of fused-ring (bicyclic) bond motifs is 1. The molecule has 3 aromatic rings. The summed E-state index contributed by atoms with van der Waals surface area (Å²) < 4.78 is 0. The number of hydrogen-bond acceptors (Lipinski definition) is 4. The first-order valence-electron chi connectivity index (χ1n) is 11.1. The molecule has 1 unspecified atom stereocenters. The van der Waals surface area contributed by atoms with E-state index in [0.29, 0.717) is 22.6 Å². The normalized spacial score (nSPS) is 19.0. The lowest BCUT2D eigenvalue weighted by atomic mass is 9.73.